The molecule has 0 saturated heterocycles. The van der Waals surface area contributed by atoms with Crippen molar-refractivity contribution in [2.24, 2.45) is 7.05 Å². The molecule has 0 amide bonds. The topological polar surface area (TPSA) is 51.8 Å². The quantitative estimate of drug-likeness (QED) is 0.676. The average Bonchev–Trinajstić information content (AvgIpc) is 3.07. The molecule has 0 N–H and O–H groups in total. The first-order valence-corrected chi connectivity index (χ1v) is 6.78. The van der Waals surface area contributed by atoms with Crippen LogP contribution in [0, 0.1) is 0 Å². The number of aryl methyl sites for hydroxylation is 1. The molecule has 0 spiro atoms. The fourth-order valence-electron chi connectivity index (χ4n) is 2.39. The van der Waals surface area contributed by atoms with Crippen LogP contribution in [0.4, 0.5) is 5.00 Å². The summed E-state index contributed by atoms with van der Waals surface area (Å²) in [5, 5.41) is 6.30. The molecule has 6 nitrogen and oxygen atoms in total. The summed E-state index contributed by atoms with van der Waals surface area (Å²) in [6.45, 7) is 0.823. The van der Waals surface area contributed by atoms with Crippen molar-refractivity contribution in [3.05, 3.63) is 30.5 Å². The van der Waals surface area contributed by atoms with E-state index in [0.717, 1.165) is 28.8 Å². The summed E-state index contributed by atoms with van der Waals surface area (Å²) in [4.78, 5) is 11.4. The molecule has 0 fully saturated rings. The normalized spacial score (nSPS) is 13.5. The number of nitrogens with zero attached hydrogens (tertiary/aromatic N) is 6. The van der Waals surface area contributed by atoms with Crippen LogP contribution in [0.3, 0.4) is 0 Å². The highest BCUT2D eigenvalue weighted by atomic mass is 32.1. The lowest BCUT2D eigenvalue weighted by Crippen LogP contribution is -2.20. The Bertz CT molecular complexity index is 738. The van der Waals surface area contributed by atoms with Crippen molar-refractivity contribution < 1.29 is 0 Å². The lowest BCUT2D eigenvalue weighted by Gasteiger charge is -2.22. The van der Waals surface area contributed by atoms with Crippen LogP contribution in [0.2, 0.25) is 0 Å². The van der Waals surface area contributed by atoms with E-state index >= 15 is 0 Å². The third-order valence-electron chi connectivity index (χ3n) is 3.27. The Morgan fingerprint density at radius 3 is 3.00 bits per heavy atom. The maximum atomic E-state index is 4.73. The van der Waals surface area contributed by atoms with Gasteiger partial charge >= 0.3 is 0 Å². The van der Waals surface area contributed by atoms with Gasteiger partial charge in [-0.2, -0.15) is 5.10 Å². The molecule has 0 radical (unpaired) electrons. The third-order valence-corrected chi connectivity index (χ3v) is 4.43. The fourth-order valence-corrected chi connectivity index (χ4v) is 3.36. The number of anilines is 1. The van der Waals surface area contributed by atoms with Crippen molar-refractivity contribution in [2.75, 3.05) is 11.9 Å². The van der Waals surface area contributed by atoms with Gasteiger partial charge in [0.05, 0.1) is 24.3 Å². The maximum Gasteiger partial charge on any atom is 0.212 e. The number of hydrogen-bond acceptors (Lipinski definition) is 5. The monoisotopic (exact) mass is 272 g/mol. The van der Waals surface area contributed by atoms with Gasteiger partial charge in [0.25, 0.3) is 0 Å². The van der Waals surface area contributed by atoms with Gasteiger partial charge < -0.3 is 9.47 Å². The van der Waals surface area contributed by atoms with E-state index in [4.69, 9.17) is 4.98 Å². The van der Waals surface area contributed by atoms with Crippen molar-refractivity contribution in [3.63, 3.8) is 0 Å². The van der Waals surface area contributed by atoms with Crippen molar-refractivity contribution in [3.8, 4) is 16.5 Å². The summed E-state index contributed by atoms with van der Waals surface area (Å²) < 4.78 is 3.83. The number of hydrogen-bond donors (Lipinski definition) is 0. The second-order valence-corrected chi connectivity index (χ2v) is 5.56. The van der Waals surface area contributed by atoms with Crippen molar-refractivity contribution in [2.45, 2.75) is 6.54 Å². The molecule has 3 aromatic rings. The molecule has 19 heavy (non-hydrogen) atoms. The van der Waals surface area contributed by atoms with Gasteiger partial charge in [-0.25, -0.2) is 14.6 Å². The highest BCUT2D eigenvalue weighted by molar-refractivity contribution is 7.18. The molecule has 0 atom stereocenters. The van der Waals surface area contributed by atoms with Crippen LogP contribution >= 0.6 is 11.3 Å². The molecule has 7 heteroatoms. The smallest absolute Gasteiger partial charge is 0.212 e. The summed E-state index contributed by atoms with van der Waals surface area (Å²) >= 11 is 1.65. The first-order chi connectivity index (χ1) is 9.24. The SMILES string of the molecule is CN1Cc2ncn(C)c2-c2nc(-n3cccn3)sc21. The summed E-state index contributed by atoms with van der Waals surface area (Å²) in [5.74, 6) is 0. The highest BCUT2D eigenvalue weighted by Gasteiger charge is 2.28. The van der Waals surface area contributed by atoms with E-state index in [0.29, 0.717) is 0 Å². The zero-order valence-corrected chi connectivity index (χ0v) is 11.4. The fraction of sp³-hybridized carbons (Fsp3) is 0.250. The van der Waals surface area contributed by atoms with E-state index in [1.807, 2.05) is 30.2 Å². The van der Waals surface area contributed by atoms with E-state index in [-0.39, 0.29) is 0 Å². The summed E-state index contributed by atoms with van der Waals surface area (Å²) in [6, 6.07) is 1.90. The molecule has 3 aromatic heterocycles. The molecular formula is C12H12N6S. The Kier molecular flexibility index (Phi) is 2.08. The number of imidazole rings is 1. The largest absolute Gasteiger partial charge is 0.359 e. The average molecular weight is 272 g/mol. The first-order valence-electron chi connectivity index (χ1n) is 5.96. The van der Waals surface area contributed by atoms with Gasteiger partial charge in [0, 0.05) is 26.5 Å². The molecule has 1 aliphatic rings. The Hall–Kier alpha value is -2.15. The Balaban J connectivity index is 1.95. The van der Waals surface area contributed by atoms with Crippen LogP contribution in [-0.4, -0.2) is 31.4 Å². The lowest BCUT2D eigenvalue weighted by atomic mass is 10.2. The molecule has 0 aromatic carbocycles. The van der Waals surface area contributed by atoms with Crippen molar-refractivity contribution in [1.82, 2.24) is 24.3 Å². The molecule has 4 heterocycles. The lowest BCUT2D eigenvalue weighted by molar-refractivity contribution is 0.856. The molecule has 0 saturated carbocycles. The van der Waals surface area contributed by atoms with Gasteiger partial charge in [0.15, 0.2) is 0 Å². The number of aromatic nitrogens is 5. The van der Waals surface area contributed by atoms with Crippen LogP contribution in [0.1, 0.15) is 5.69 Å². The van der Waals surface area contributed by atoms with Gasteiger partial charge in [0.2, 0.25) is 5.13 Å². The van der Waals surface area contributed by atoms with Crippen LogP contribution in [0.15, 0.2) is 24.8 Å². The van der Waals surface area contributed by atoms with Gasteiger partial charge in [0.1, 0.15) is 10.7 Å². The molecule has 0 unspecified atom stereocenters. The summed E-state index contributed by atoms with van der Waals surface area (Å²) in [6.07, 6.45) is 5.52. The van der Waals surface area contributed by atoms with E-state index in [1.54, 1.807) is 22.2 Å². The summed E-state index contributed by atoms with van der Waals surface area (Å²) in [5.41, 5.74) is 3.19. The first kappa shape index (κ1) is 10.7. The van der Waals surface area contributed by atoms with Crippen LogP contribution in [0.25, 0.3) is 16.5 Å². The van der Waals surface area contributed by atoms with Crippen LogP contribution in [-0.2, 0) is 13.6 Å². The molecule has 1 aliphatic heterocycles. The Morgan fingerprint density at radius 1 is 1.32 bits per heavy atom. The minimum absolute atomic E-state index is 0.823. The van der Waals surface area contributed by atoms with Gasteiger partial charge in [-0.05, 0) is 6.07 Å². The number of thiazole rings is 1. The van der Waals surface area contributed by atoms with Crippen molar-refractivity contribution in [1.29, 1.82) is 0 Å². The zero-order chi connectivity index (χ0) is 13.0. The van der Waals surface area contributed by atoms with Crippen LogP contribution in [0.5, 0.6) is 0 Å². The number of rotatable bonds is 1. The molecule has 96 valence electrons. The van der Waals surface area contributed by atoms with Crippen molar-refractivity contribution >= 4 is 16.3 Å². The van der Waals surface area contributed by atoms with Crippen LogP contribution < -0.4 is 4.90 Å². The van der Waals surface area contributed by atoms with E-state index in [2.05, 4.69) is 22.0 Å². The molecular weight excluding hydrogens is 260 g/mol. The Morgan fingerprint density at radius 2 is 2.21 bits per heavy atom. The predicted molar refractivity (Wildman–Crippen MR) is 73.5 cm³/mol. The summed E-state index contributed by atoms with van der Waals surface area (Å²) in [7, 11) is 4.08. The highest BCUT2D eigenvalue weighted by Crippen LogP contribution is 2.42. The third kappa shape index (κ3) is 1.45. The van der Waals surface area contributed by atoms with E-state index in [1.165, 1.54) is 5.00 Å². The second kappa shape index (κ2) is 3.67. The molecule has 0 bridgehead atoms. The minimum atomic E-state index is 0.823. The maximum absolute atomic E-state index is 4.73. The van der Waals surface area contributed by atoms with Gasteiger partial charge in [-0.1, -0.05) is 11.3 Å². The Labute approximate surface area is 114 Å². The predicted octanol–water partition coefficient (Wildman–Crippen LogP) is 1.68. The standard InChI is InChI=1S/C12H12N6S/c1-16-6-8-10(17(2)7-13-8)9-11(16)19-12(15-9)18-5-3-4-14-18/h3-5,7H,6H2,1-2H3. The van der Waals surface area contributed by atoms with Gasteiger partial charge in [-0.15, -0.1) is 0 Å². The van der Waals surface area contributed by atoms with E-state index < -0.39 is 0 Å². The molecule has 0 aliphatic carbocycles. The molecule has 4 rings (SSSR count). The number of fused-ring (bicyclic) bond motifs is 3. The minimum Gasteiger partial charge on any atom is -0.359 e. The second-order valence-electron chi connectivity index (χ2n) is 4.61. The van der Waals surface area contributed by atoms with Gasteiger partial charge in [-0.3, -0.25) is 0 Å². The zero-order valence-electron chi connectivity index (χ0n) is 10.6. The van der Waals surface area contributed by atoms with E-state index in [9.17, 15) is 0 Å².